The maximum atomic E-state index is 11.5. The molecule has 0 spiro atoms. The Bertz CT molecular complexity index is 447. The van der Waals surface area contributed by atoms with Crippen molar-refractivity contribution in [3.05, 3.63) is 23.0 Å². The second-order valence-electron chi connectivity index (χ2n) is 4.28. The fourth-order valence-corrected chi connectivity index (χ4v) is 1.79. The van der Waals surface area contributed by atoms with Crippen LogP contribution in [0.4, 0.5) is 0 Å². The molecule has 0 aliphatic heterocycles. The molecule has 0 aliphatic carbocycles. The molecule has 17 heavy (non-hydrogen) atoms. The van der Waals surface area contributed by atoms with Gasteiger partial charge in [-0.2, -0.15) is 0 Å². The van der Waals surface area contributed by atoms with Crippen LogP contribution >= 0.6 is 0 Å². The van der Waals surface area contributed by atoms with Gasteiger partial charge in [0.05, 0.1) is 5.56 Å². The van der Waals surface area contributed by atoms with Gasteiger partial charge in [0.25, 0.3) is 0 Å². The van der Waals surface area contributed by atoms with Crippen molar-refractivity contribution < 1.29 is 14.7 Å². The Morgan fingerprint density at radius 1 is 1.35 bits per heavy atom. The van der Waals surface area contributed by atoms with E-state index in [1.165, 1.54) is 4.90 Å². The molecule has 0 aromatic carbocycles. The van der Waals surface area contributed by atoms with E-state index in [1.54, 1.807) is 27.1 Å². The fraction of sp³-hybridized carbons (Fsp3) is 0.500. The maximum Gasteiger partial charge on any atom is 0.337 e. The summed E-state index contributed by atoms with van der Waals surface area (Å²) in [5.41, 5.74) is 1.87. The molecule has 1 heterocycles. The summed E-state index contributed by atoms with van der Waals surface area (Å²) in [5.74, 6) is -0.891. The Labute approximate surface area is 101 Å². The molecule has 5 heteroatoms. The lowest BCUT2D eigenvalue weighted by atomic mass is 10.2. The van der Waals surface area contributed by atoms with Gasteiger partial charge < -0.3 is 14.6 Å². The van der Waals surface area contributed by atoms with Gasteiger partial charge in [-0.3, -0.25) is 4.79 Å². The third kappa shape index (κ3) is 2.87. The summed E-state index contributed by atoms with van der Waals surface area (Å²) in [6.45, 7) is 4.12. The fourth-order valence-electron chi connectivity index (χ4n) is 1.79. The van der Waals surface area contributed by atoms with Crippen molar-refractivity contribution in [2.45, 2.75) is 26.8 Å². The van der Waals surface area contributed by atoms with Crippen LogP contribution in [-0.2, 0) is 11.3 Å². The number of rotatable bonds is 4. The van der Waals surface area contributed by atoms with Gasteiger partial charge >= 0.3 is 5.97 Å². The van der Waals surface area contributed by atoms with Crippen molar-refractivity contribution >= 4 is 11.9 Å². The molecule has 5 nitrogen and oxygen atoms in total. The molecule has 0 unspecified atom stereocenters. The maximum absolute atomic E-state index is 11.5. The average Bonchev–Trinajstić information content (AvgIpc) is 2.51. The van der Waals surface area contributed by atoms with Crippen LogP contribution in [0.5, 0.6) is 0 Å². The van der Waals surface area contributed by atoms with E-state index in [0.717, 1.165) is 5.69 Å². The zero-order valence-corrected chi connectivity index (χ0v) is 10.6. The SMILES string of the molecule is Cc1cc(C(=O)O)c(C)n1CCC(=O)N(C)C. The molecule has 1 rings (SSSR count). The predicted molar refractivity (Wildman–Crippen MR) is 64.2 cm³/mol. The third-order valence-corrected chi connectivity index (χ3v) is 2.85. The topological polar surface area (TPSA) is 62.5 Å². The number of aromatic carboxylic acids is 1. The summed E-state index contributed by atoms with van der Waals surface area (Å²) in [5, 5.41) is 8.98. The van der Waals surface area contributed by atoms with Gasteiger partial charge in [-0.25, -0.2) is 4.79 Å². The van der Waals surface area contributed by atoms with Gasteiger partial charge in [0.15, 0.2) is 0 Å². The molecule has 0 saturated carbocycles. The van der Waals surface area contributed by atoms with E-state index < -0.39 is 5.97 Å². The monoisotopic (exact) mass is 238 g/mol. The normalized spacial score (nSPS) is 10.4. The quantitative estimate of drug-likeness (QED) is 0.859. The van der Waals surface area contributed by atoms with Crippen LogP contribution in [-0.4, -0.2) is 40.5 Å². The second kappa shape index (κ2) is 5.03. The van der Waals surface area contributed by atoms with Gasteiger partial charge in [0, 0.05) is 38.4 Å². The highest BCUT2D eigenvalue weighted by molar-refractivity contribution is 5.89. The first-order chi connectivity index (χ1) is 7.84. The molecule has 1 amide bonds. The number of aryl methyl sites for hydroxylation is 1. The number of amides is 1. The smallest absolute Gasteiger partial charge is 0.337 e. The van der Waals surface area contributed by atoms with E-state index in [0.29, 0.717) is 24.2 Å². The van der Waals surface area contributed by atoms with Crippen LogP contribution in [0.2, 0.25) is 0 Å². The van der Waals surface area contributed by atoms with Gasteiger partial charge in [-0.1, -0.05) is 0 Å². The number of nitrogens with zero attached hydrogens (tertiary/aromatic N) is 2. The van der Waals surface area contributed by atoms with E-state index in [2.05, 4.69) is 0 Å². The molecular weight excluding hydrogens is 220 g/mol. The Kier molecular flexibility index (Phi) is 3.93. The predicted octanol–water partition coefficient (Wildman–Crippen LogP) is 1.28. The minimum atomic E-state index is -0.928. The van der Waals surface area contributed by atoms with Crippen molar-refractivity contribution in [2.75, 3.05) is 14.1 Å². The summed E-state index contributed by atoms with van der Waals surface area (Å²) >= 11 is 0. The van der Waals surface area contributed by atoms with E-state index in [9.17, 15) is 9.59 Å². The molecule has 0 radical (unpaired) electrons. The van der Waals surface area contributed by atoms with Crippen molar-refractivity contribution in [2.24, 2.45) is 0 Å². The molecule has 0 aliphatic rings. The van der Waals surface area contributed by atoms with E-state index >= 15 is 0 Å². The van der Waals surface area contributed by atoms with Gasteiger partial charge in [0.1, 0.15) is 0 Å². The van der Waals surface area contributed by atoms with Crippen LogP contribution in [0.15, 0.2) is 6.07 Å². The van der Waals surface area contributed by atoms with Gasteiger partial charge in [-0.05, 0) is 19.9 Å². The van der Waals surface area contributed by atoms with E-state index in [-0.39, 0.29) is 5.91 Å². The molecule has 0 saturated heterocycles. The number of carbonyl (C=O) groups excluding carboxylic acids is 1. The van der Waals surface area contributed by atoms with Crippen LogP contribution in [0.25, 0.3) is 0 Å². The number of hydrogen-bond donors (Lipinski definition) is 1. The number of hydrogen-bond acceptors (Lipinski definition) is 2. The highest BCUT2D eigenvalue weighted by atomic mass is 16.4. The number of carbonyl (C=O) groups is 2. The Morgan fingerprint density at radius 2 is 1.94 bits per heavy atom. The molecule has 0 bridgehead atoms. The Hall–Kier alpha value is -1.78. The Balaban J connectivity index is 2.85. The van der Waals surface area contributed by atoms with Crippen LogP contribution in [0, 0.1) is 13.8 Å². The largest absolute Gasteiger partial charge is 0.478 e. The molecule has 94 valence electrons. The van der Waals surface area contributed by atoms with E-state index in [1.807, 2.05) is 11.5 Å². The highest BCUT2D eigenvalue weighted by Crippen LogP contribution is 2.15. The summed E-state index contributed by atoms with van der Waals surface area (Å²) in [6.07, 6.45) is 0.377. The minimum absolute atomic E-state index is 0.0365. The first-order valence-electron chi connectivity index (χ1n) is 5.44. The zero-order chi connectivity index (χ0) is 13.2. The lowest BCUT2D eigenvalue weighted by Crippen LogP contribution is -2.23. The summed E-state index contributed by atoms with van der Waals surface area (Å²) in [4.78, 5) is 24.0. The number of carboxylic acid groups (broad SMARTS) is 1. The van der Waals surface area contributed by atoms with E-state index in [4.69, 9.17) is 5.11 Å². The van der Waals surface area contributed by atoms with Crippen LogP contribution in [0.1, 0.15) is 28.2 Å². The number of carboxylic acids is 1. The molecular formula is C12H18N2O3. The first-order valence-corrected chi connectivity index (χ1v) is 5.44. The Morgan fingerprint density at radius 3 is 2.35 bits per heavy atom. The van der Waals surface area contributed by atoms with Gasteiger partial charge in [-0.15, -0.1) is 0 Å². The molecule has 0 fully saturated rings. The van der Waals surface area contributed by atoms with Crippen molar-refractivity contribution in [1.82, 2.24) is 9.47 Å². The first kappa shape index (κ1) is 13.3. The van der Waals surface area contributed by atoms with Crippen molar-refractivity contribution in [1.29, 1.82) is 0 Å². The molecule has 1 aromatic heterocycles. The molecule has 1 aromatic rings. The van der Waals surface area contributed by atoms with Crippen molar-refractivity contribution in [3.8, 4) is 0 Å². The zero-order valence-electron chi connectivity index (χ0n) is 10.6. The standard InChI is InChI=1S/C12H18N2O3/c1-8-7-10(12(16)17)9(2)14(8)6-5-11(15)13(3)4/h7H,5-6H2,1-4H3,(H,16,17). The molecule has 0 atom stereocenters. The highest BCUT2D eigenvalue weighted by Gasteiger charge is 2.15. The van der Waals surface area contributed by atoms with Crippen LogP contribution in [0.3, 0.4) is 0 Å². The minimum Gasteiger partial charge on any atom is -0.478 e. The lowest BCUT2D eigenvalue weighted by molar-refractivity contribution is -0.128. The van der Waals surface area contributed by atoms with Crippen LogP contribution < -0.4 is 0 Å². The lowest BCUT2D eigenvalue weighted by Gasteiger charge is -2.12. The van der Waals surface area contributed by atoms with Crippen molar-refractivity contribution in [3.63, 3.8) is 0 Å². The summed E-state index contributed by atoms with van der Waals surface area (Å²) < 4.78 is 1.87. The summed E-state index contributed by atoms with van der Waals surface area (Å²) in [7, 11) is 3.42. The third-order valence-electron chi connectivity index (χ3n) is 2.85. The number of aromatic nitrogens is 1. The average molecular weight is 238 g/mol. The summed E-state index contributed by atoms with van der Waals surface area (Å²) in [6, 6.07) is 1.64. The second-order valence-corrected chi connectivity index (χ2v) is 4.28. The van der Waals surface area contributed by atoms with Gasteiger partial charge in [0.2, 0.25) is 5.91 Å². The molecule has 1 N–H and O–H groups in total.